The van der Waals surface area contributed by atoms with Gasteiger partial charge in [-0.15, -0.1) is 0 Å². The van der Waals surface area contributed by atoms with Gasteiger partial charge in [0.05, 0.1) is 11.1 Å². The molecule has 0 atom stereocenters. The van der Waals surface area contributed by atoms with Gasteiger partial charge in [-0.2, -0.15) is 4.98 Å². The molecule has 0 aliphatic heterocycles. The Labute approximate surface area is 152 Å². The number of benzene rings is 1. The van der Waals surface area contributed by atoms with Crippen molar-refractivity contribution in [3.05, 3.63) is 64.7 Å². The Bertz CT molecular complexity index is 1160. The highest BCUT2D eigenvalue weighted by Gasteiger charge is 2.13. The van der Waals surface area contributed by atoms with Gasteiger partial charge in [0, 0.05) is 26.2 Å². The van der Waals surface area contributed by atoms with E-state index in [4.69, 9.17) is 8.94 Å². The van der Waals surface area contributed by atoms with Gasteiger partial charge in [0.1, 0.15) is 5.69 Å². The van der Waals surface area contributed by atoms with Crippen LogP contribution in [0.15, 0.2) is 56.3 Å². The molecule has 0 saturated heterocycles. The summed E-state index contributed by atoms with van der Waals surface area (Å²) in [6, 6.07) is 10.5. The van der Waals surface area contributed by atoms with Crippen molar-refractivity contribution in [3.63, 3.8) is 0 Å². The van der Waals surface area contributed by atoms with Crippen molar-refractivity contribution in [3.8, 4) is 11.5 Å². The first-order valence-electron chi connectivity index (χ1n) is 8.25. The molecule has 1 N–H and O–H groups in total. The van der Waals surface area contributed by atoms with E-state index in [2.05, 4.69) is 20.4 Å². The highest BCUT2D eigenvalue weighted by atomic mass is 16.5. The molecule has 1 aromatic carbocycles. The van der Waals surface area contributed by atoms with Crippen molar-refractivity contribution in [2.45, 2.75) is 13.0 Å². The van der Waals surface area contributed by atoms with Gasteiger partial charge >= 0.3 is 5.76 Å². The minimum absolute atomic E-state index is 0.273. The number of fused-ring (bicyclic) bond motifs is 1. The third-order valence-corrected chi connectivity index (χ3v) is 4.07. The van der Waals surface area contributed by atoms with Crippen LogP contribution in [0, 0.1) is 0 Å². The first-order valence-corrected chi connectivity index (χ1v) is 8.25. The number of amides is 1. The van der Waals surface area contributed by atoms with Gasteiger partial charge < -0.3 is 14.3 Å². The van der Waals surface area contributed by atoms with Crippen LogP contribution >= 0.6 is 0 Å². The summed E-state index contributed by atoms with van der Waals surface area (Å²) in [6.07, 6.45) is 1.90. The summed E-state index contributed by atoms with van der Waals surface area (Å²) in [7, 11) is 1.54. The first kappa shape index (κ1) is 16.7. The Morgan fingerprint density at radius 2 is 2.07 bits per heavy atom. The summed E-state index contributed by atoms with van der Waals surface area (Å²) in [5, 5.41) is 6.44. The number of nitrogens with one attached hydrogen (secondary N) is 1. The smallest absolute Gasteiger partial charge is 0.408 e. The van der Waals surface area contributed by atoms with E-state index in [0.717, 1.165) is 5.52 Å². The van der Waals surface area contributed by atoms with Gasteiger partial charge in [0.25, 0.3) is 11.8 Å². The molecule has 3 aromatic heterocycles. The molecule has 0 fully saturated rings. The number of nitrogens with zero attached hydrogens (tertiary/aromatic N) is 4. The Morgan fingerprint density at radius 1 is 1.22 bits per heavy atom. The number of pyridine rings is 1. The third-order valence-electron chi connectivity index (χ3n) is 4.07. The van der Waals surface area contributed by atoms with Crippen molar-refractivity contribution in [2.75, 3.05) is 7.05 Å². The number of hydrogen-bond donors (Lipinski definition) is 1. The second kappa shape index (κ2) is 6.87. The zero-order valence-corrected chi connectivity index (χ0v) is 14.4. The fourth-order valence-electron chi connectivity index (χ4n) is 2.69. The molecule has 0 aliphatic carbocycles. The molecule has 27 heavy (non-hydrogen) atoms. The molecule has 4 rings (SSSR count). The molecule has 136 valence electrons. The van der Waals surface area contributed by atoms with Gasteiger partial charge in [-0.3, -0.25) is 14.3 Å². The molecule has 0 aliphatic rings. The fraction of sp³-hybridized carbons (Fsp3) is 0.167. The summed E-state index contributed by atoms with van der Waals surface area (Å²) in [5.74, 6) is 0.0578. The monoisotopic (exact) mass is 365 g/mol. The van der Waals surface area contributed by atoms with Crippen LogP contribution in [0.1, 0.15) is 16.3 Å². The number of hydrogen-bond acceptors (Lipinski definition) is 7. The summed E-state index contributed by atoms with van der Waals surface area (Å²) >= 11 is 0. The van der Waals surface area contributed by atoms with Crippen molar-refractivity contribution in [2.24, 2.45) is 0 Å². The lowest BCUT2D eigenvalue weighted by Gasteiger charge is -1.99. The highest BCUT2D eigenvalue weighted by molar-refractivity contribution is 5.92. The predicted molar refractivity (Wildman–Crippen MR) is 95.1 cm³/mol. The number of rotatable bonds is 5. The lowest BCUT2D eigenvalue weighted by atomic mass is 10.2. The van der Waals surface area contributed by atoms with Crippen LogP contribution in [0.2, 0.25) is 0 Å². The maximum atomic E-state index is 12.0. The van der Waals surface area contributed by atoms with E-state index in [-0.39, 0.29) is 5.91 Å². The molecule has 0 radical (unpaired) electrons. The lowest BCUT2D eigenvalue weighted by molar-refractivity contribution is 0.0958. The standard InChI is InChI=1S/C18H15N5O4/c1-19-16(24)12-7-6-11(10-20-12)17-21-15(22-27-17)8-9-23-13-4-2-3-5-14(13)26-18(23)25/h2-7,10H,8-9H2,1H3,(H,19,24). The molecular weight excluding hydrogens is 350 g/mol. The summed E-state index contributed by atoms with van der Waals surface area (Å²) in [5.41, 5.74) is 2.17. The Kier molecular flexibility index (Phi) is 4.25. The Balaban J connectivity index is 1.50. The number of aryl methyl sites for hydroxylation is 2. The van der Waals surface area contributed by atoms with Crippen LogP contribution in [0.3, 0.4) is 0 Å². The fourth-order valence-corrected chi connectivity index (χ4v) is 2.69. The SMILES string of the molecule is CNC(=O)c1ccc(-c2nc(CCn3c(=O)oc4ccccc43)no2)cn1. The van der Waals surface area contributed by atoms with Crippen molar-refractivity contribution >= 4 is 17.0 Å². The zero-order chi connectivity index (χ0) is 18.8. The van der Waals surface area contributed by atoms with E-state index in [9.17, 15) is 9.59 Å². The van der Waals surface area contributed by atoms with Gasteiger partial charge in [0.2, 0.25) is 0 Å². The maximum absolute atomic E-state index is 12.0. The number of carbonyl (C=O) groups excluding carboxylic acids is 1. The van der Waals surface area contributed by atoms with E-state index in [1.807, 2.05) is 18.2 Å². The van der Waals surface area contributed by atoms with Crippen LogP contribution in [0.4, 0.5) is 0 Å². The molecular formula is C18H15N5O4. The van der Waals surface area contributed by atoms with Crippen LogP contribution in [0.5, 0.6) is 0 Å². The number of para-hydroxylation sites is 2. The molecule has 0 unspecified atom stereocenters. The molecule has 0 spiro atoms. The van der Waals surface area contributed by atoms with Gasteiger partial charge in [-0.05, 0) is 24.3 Å². The van der Waals surface area contributed by atoms with Crippen molar-refractivity contribution in [1.29, 1.82) is 0 Å². The number of aromatic nitrogens is 4. The largest absolute Gasteiger partial charge is 0.419 e. The van der Waals surface area contributed by atoms with E-state index in [1.54, 1.807) is 18.2 Å². The van der Waals surface area contributed by atoms with Crippen molar-refractivity contribution in [1.82, 2.24) is 25.0 Å². The van der Waals surface area contributed by atoms with Crippen LogP contribution in [0.25, 0.3) is 22.6 Å². The zero-order valence-electron chi connectivity index (χ0n) is 14.4. The minimum Gasteiger partial charge on any atom is -0.408 e. The normalized spacial score (nSPS) is 11.0. The van der Waals surface area contributed by atoms with Gasteiger partial charge in [-0.25, -0.2) is 4.79 Å². The third kappa shape index (κ3) is 3.22. The minimum atomic E-state index is -0.422. The lowest BCUT2D eigenvalue weighted by Crippen LogP contribution is -2.18. The van der Waals surface area contributed by atoms with Crippen molar-refractivity contribution < 1.29 is 13.7 Å². The highest BCUT2D eigenvalue weighted by Crippen LogP contribution is 2.17. The second-order valence-corrected chi connectivity index (χ2v) is 5.76. The molecule has 0 bridgehead atoms. The quantitative estimate of drug-likeness (QED) is 0.571. The van der Waals surface area contributed by atoms with E-state index in [1.165, 1.54) is 17.8 Å². The predicted octanol–water partition coefficient (Wildman–Crippen LogP) is 1.64. The van der Waals surface area contributed by atoms with Gasteiger partial charge in [-0.1, -0.05) is 17.3 Å². The molecule has 3 heterocycles. The molecule has 1 amide bonds. The van der Waals surface area contributed by atoms with E-state index < -0.39 is 5.76 Å². The van der Waals surface area contributed by atoms with E-state index >= 15 is 0 Å². The number of carbonyl (C=O) groups is 1. The Morgan fingerprint density at radius 3 is 2.85 bits per heavy atom. The van der Waals surface area contributed by atoms with E-state index in [0.29, 0.717) is 41.5 Å². The average molecular weight is 365 g/mol. The topological polar surface area (TPSA) is 116 Å². The Hall–Kier alpha value is -3.75. The van der Waals surface area contributed by atoms with Gasteiger partial charge in [0.15, 0.2) is 11.4 Å². The maximum Gasteiger partial charge on any atom is 0.419 e. The van der Waals surface area contributed by atoms with Crippen LogP contribution < -0.4 is 11.1 Å². The van der Waals surface area contributed by atoms with Crippen LogP contribution in [-0.4, -0.2) is 32.6 Å². The average Bonchev–Trinajstić information content (AvgIpc) is 3.29. The molecule has 0 saturated carbocycles. The van der Waals surface area contributed by atoms with Crippen LogP contribution in [-0.2, 0) is 13.0 Å². The molecule has 9 nitrogen and oxygen atoms in total. The summed E-state index contributed by atoms with van der Waals surface area (Å²) in [6.45, 7) is 0.364. The number of oxazole rings is 1. The molecule has 9 heteroatoms. The molecule has 4 aromatic rings. The summed E-state index contributed by atoms with van der Waals surface area (Å²) in [4.78, 5) is 31.9. The first-order chi connectivity index (χ1) is 13.2. The summed E-state index contributed by atoms with van der Waals surface area (Å²) < 4.78 is 12.0. The second-order valence-electron chi connectivity index (χ2n) is 5.76.